The molecule has 0 aromatic heterocycles. The Labute approximate surface area is 156 Å². The average Bonchev–Trinajstić information content (AvgIpc) is 3.12. The first-order valence-electron chi connectivity index (χ1n) is 10.5. The molecule has 1 heterocycles. The van der Waals surface area contributed by atoms with Crippen LogP contribution in [-0.4, -0.2) is 25.2 Å². The van der Waals surface area contributed by atoms with Crippen LogP contribution in [0.25, 0.3) is 0 Å². The second-order valence-electron chi connectivity index (χ2n) is 9.73. The molecule has 1 N–H and O–H groups in total. The third-order valence-electron chi connectivity index (χ3n) is 7.72. The van der Waals surface area contributed by atoms with Crippen molar-refractivity contribution < 1.29 is 9.53 Å². The highest BCUT2D eigenvalue weighted by atomic mass is 16.5. The molecule has 5 aliphatic rings. The van der Waals surface area contributed by atoms with Crippen molar-refractivity contribution in [3.63, 3.8) is 0 Å². The van der Waals surface area contributed by atoms with Gasteiger partial charge in [-0.15, -0.1) is 0 Å². The van der Waals surface area contributed by atoms with Gasteiger partial charge in [0.25, 0.3) is 0 Å². The molecule has 3 heteroatoms. The lowest BCUT2D eigenvalue weighted by Crippen LogP contribution is -2.59. The van der Waals surface area contributed by atoms with Crippen molar-refractivity contribution >= 4 is 5.91 Å². The highest BCUT2D eigenvalue weighted by Gasteiger charge is 2.60. The van der Waals surface area contributed by atoms with Gasteiger partial charge in [0.2, 0.25) is 5.91 Å². The number of ether oxygens (including phenoxy) is 1. The maximum atomic E-state index is 13.3. The molecule has 4 saturated carbocycles. The van der Waals surface area contributed by atoms with Gasteiger partial charge in [0.1, 0.15) is 0 Å². The number of hydrogen-bond donors (Lipinski definition) is 1. The van der Waals surface area contributed by atoms with Crippen LogP contribution < -0.4 is 5.32 Å². The van der Waals surface area contributed by atoms with Crippen LogP contribution in [0, 0.1) is 24.2 Å². The van der Waals surface area contributed by atoms with Crippen LogP contribution >= 0.6 is 0 Å². The van der Waals surface area contributed by atoms with E-state index in [2.05, 4.69) is 36.5 Å². The molecule has 3 atom stereocenters. The molecule has 0 unspecified atom stereocenters. The number of amides is 1. The molecular formula is C23H31NO2. The molecule has 26 heavy (non-hydrogen) atoms. The van der Waals surface area contributed by atoms with E-state index in [4.69, 9.17) is 4.74 Å². The number of rotatable bonds is 4. The summed E-state index contributed by atoms with van der Waals surface area (Å²) in [5.41, 5.74) is 2.91. The minimum Gasteiger partial charge on any atom is -0.376 e. The second-order valence-corrected chi connectivity index (χ2v) is 9.73. The summed E-state index contributed by atoms with van der Waals surface area (Å²) in [4.78, 5) is 13.3. The predicted octanol–water partition coefficient (Wildman–Crippen LogP) is 4.13. The van der Waals surface area contributed by atoms with Gasteiger partial charge in [-0.25, -0.2) is 0 Å². The molecule has 1 aromatic rings. The molecule has 140 valence electrons. The van der Waals surface area contributed by atoms with Crippen molar-refractivity contribution in [2.24, 2.45) is 17.3 Å². The molecule has 6 rings (SSSR count). The number of aryl methyl sites for hydroxylation is 1. The molecule has 5 fully saturated rings. The number of hydrogen-bond acceptors (Lipinski definition) is 2. The van der Waals surface area contributed by atoms with Crippen molar-refractivity contribution in [3.05, 3.63) is 35.4 Å². The Bertz CT molecular complexity index is 675. The van der Waals surface area contributed by atoms with Gasteiger partial charge in [0.05, 0.1) is 11.5 Å². The van der Waals surface area contributed by atoms with E-state index >= 15 is 0 Å². The van der Waals surface area contributed by atoms with Crippen LogP contribution in [-0.2, 0) is 14.9 Å². The average molecular weight is 354 g/mol. The normalized spacial score (nSPS) is 40.7. The summed E-state index contributed by atoms with van der Waals surface area (Å²) in [6.07, 6.45) is 9.63. The third kappa shape index (κ3) is 2.70. The molecular weight excluding hydrogens is 322 g/mol. The monoisotopic (exact) mass is 353 g/mol. The Morgan fingerprint density at radius 2 is 1.88 bits per heavy atom. The van der Waals surface area contributed by atoms with E-state index in [1.165, 1.54) is 30.4 Å². The first-order chi connectivity index (χ1) is 12.6. The number of nitrogens with one attached hydrogen (secondary N) is 1. The summed E-state index contributed by atoms with van der Waals surface area (Å²) in [6.45, 7) is 3.71. The lowest BCUT2D eigenvalue weighted by Gasteiger charge is -2.61. The Morgan fingerprint density at radius 3 is 2.54 bits per heavy atom. The SMILES string of the molecule is Cc1ccc(C23C[C@H]4C[C@@H](CC(C(=O)NC[C@H]5CCCO5)(C4)C2)C3)cc1. The fourth-order valence-corrected chi connectivity index (χ4v) is 6.97. The molecule has 1 saturated heterocycles. The van der Waals surface area contributed by atoms with E-state index in [0.717, 1.165) is 50.5 Å². The number of carbonyl (C=O) groups is 1. The second kappa shape index (κ2) is 6.09. The number of benzene rings is 1. The molecule has 0 radical (unpaired) electrons. The summed E-state index contributed by atoms with van der Waals surface area (Å²) in [5.74, 6) is 1.77. The first-order valence-corrected chi connectivity index (χ1v) is 10.5. The predicted molar refractivity (Wildman–Crippen MR) is 102 cm³/mol. The van der Waals surface area contributed by atoms with Crippen LogP contribution in [0.1, 0.15) is 62.5 Å². The van der Waals surface area contributed by atoms with E-state index in [9.17, 15) is 4.79 Å². The zero-order chi connectivity index (χ0) is 17.8. The van der Waals surface area contributed by atoms with Gasteiger partial charge in [-0.3, -0.25) is 4.79 Å². The Balaban J connectivity index is 1.39. The van der Waals surface area contributed by atoms with Crippen molar-refractivity contribution in [1.82, 2.24) is 5.32 Å². The van der Waals surface area contributed by atoms with Gasteiger partial charge in [-0.1, -0.05) is 29.8 Å². The zero-order valence-electron chi connectivity index (χ0n) is 15.9. The van der Waals surface area contributed by atoms with Crippen molar-refractivity contribution in [2.45, 2.75) is 69.8 Å². The summed E-state index contributed by atoms with van der Waals surface area (Å²) >= 11 is 0. The summed E-state index contributed by atoms with van der Waals surface area (Å²) in [7, 11) is 0. The Hall–Kier alpha value is -1.35. The molecule has 1 amide bonds. The van der Waals surface area contributed by atoms with Crippen LogP contribution in [0.2, 0.25) is 0 Å². The fourth-order valence-electron chi connectivity index (χ4n) is 6.97. The van der Waals surface area contributed by atoms with Gasteiger partial charge in [0.15, 0.2) is 0 Å². The van der Waals surface area contributed by atoms with E-state index in [-0.39, 0.29) is 16.9 Å². The van der Waals surface area contributed by atoms with Gasteiger partial charge in [-0.2, -0.15) is 0 Å². The molecule has 3 nitrogen and oxygen atoms in total. The van der Waals surface area contributed by atoms with Gasteiger partial charge in [-0.05, 0) is 81.1 Å². The fraction of sp³-hybridized carbons (Fsp3) is 0.696. The molecule has 4 aliphatic carbocycles. The molecule has 1 aliphatic heterocycles. The largest absolute Gasteiger partial charge is 0.376 e. The third-order valence-corrected chi connectivity index (χ3v) is 7.72. The lowest BCUT2D eigenvalue weighted by molar-refractivity contribution is -0.149. The Kier molecular flexibility index (Phi) is 3.93. The summed E-state index contributed by atoms with van der Waals surface area (Å²) in [5, 5.41) is 3.30. The standard InChI is InChI=1S/C23H31NO2/c1-16-4-6-19(7-5-16)22-10-17-9-18(11-22)13-23(12-17,15-22)21(25)24-14-20-3-2-8-26-20/h4-7,17-18,20H,2-3,8-15H2,1H3,(H,24,25)/t17-,18-,20-,22?,23?/m1/s1. The summed E-state index contributed by atoms with van der Waals surface area (Å²) < 4.78 is 5.71. The van der Waals surface area contributed by atoms with E-state index in [1.807, 2.05) is 0 Å². The van der Waals surface area contributed by atoms with E-state index < -0.39 is 0 Å². The van der Waals surface area contributed by atoms with Crippen molar-refractivity contribution in [2.75, 3.05) is 13.2 Å². The first kappa shape index (κ1) is 16.8. The van der Waals surface area contributed by atoms with Crippen LogP contribution in [0.15, 0.2) is 24.3 Å². The lowest BCUT2D eigenvalue weighted by atomic mass is 9.42. The molecule has 0 spiro atoms. The van der Waals surface area contributed by atoms with Crippen molar-refractivity contribution in [1.29, 1.82) is 0 Å². The topological polar surface area (TPSA) is 38.3 Å². The highest BCUT2D eigenvalue weighted by molar-refractivity contribution is 5.83. The maximum absolute atomic E-state index is 13.3. The smallest absolute Gasteiger partial charge is 0.226 e. The van der Waals surface area contributed by atoms with Crippen LogP contribution in [0.3, 0.4) is 0 Å². The van der Waals surface area contributed by atoms with Gasteiger partial charge in [0, 0.05) is 13.2 Å². The zero-order valence-corrected chi connectivity index (χ0v) is 15.9. The quantitative estimate of drug-likeness (QED) is 0.884. The van der Waals surface area contributed by atoms with Gasteiger partial charge >= 0.3 is 0 Å². The van der Waals surface area contributed by atoms with Gasteiger partial charge < -0.3 is 10.1 Å². The maximum Gasteiger partial charge on any atom is 0.226 e. The highest BCUT2D eigenvalue weighted by Crippen LogP contribution is 2.65. The van der Waals surface area contributed by atoms with Crippen molar-refractivity contribution in [3.8, 4) is 0 Å². The van der Waals surface area contributed by atoms with Crippen LogP contribution in [0.4, 0.5) is 0 Å². The van der Waals surface area contributed by atoms with E-state index in [0.29, 0.717) is 12.5 Å². The van der Waals surface area contributed by atoms with E-state index in [1.54, 1.807) is 0 Å². The minimum absolute atomic E-state index is 0.131. The molecule has 4 bridgehead atoms. The summed E-state index contributed by atoms with van der Waals surface area (Å²) in [6, 6.07) is 9.16. The van der Waals surface area contributed by atoms with Crippen LogP contribution in [0.5, 0.6) is 0 Å². The molecule has 1 aromatic carbocycles. The number of carbonyl (C=O) groups excluding carboxylic acids is 1. The Morgan fingerprint density at radius 1 is 1.15 bits per heavy atom. The minimum atomic E-state index is -0.131.